The van der Waals surface area contributed by atoms with Crippen molar-refractivity contribution in [1.29, 1.82) is 0 Å². The molecule has 0 bridgehead atoms. The molecular weight excluding hydrogens is 298 g/mol. The molecule has 0 aliphatic carbocycles. The number of ether oxygens (including phenoxy) is 2. The first-order valence-electron chi connectivity index (χ1n) is 7.86. The third kappa shape index (κ3) is 3.39. The lowest BCUT2D eigenvalue weighted by molar-refractivity contribution is -0.132. The fraction of sp³-hybridized carbons (Fsp3) is 0.500. The Bertz CT molecular complexity index is 597. The molecule has 3 rings (SSSR count). The van der Waals surface area contributed by atoms with E-state index in [2.05, 4.69) is 0 Å². The van der Waals surface area contributed by atoms with Gasteiger partial charge in [-0.1, -0.05) is 0 Å². The number of nitrogens with zero attached hydrogens (tertiary/aromatic N) is 2. The van der Waals surface area contributed by atoms with Gasteiger partial charge in [-0.15, -0.1) is 0 Å². The molecule has 1 fully saturated rings. The van der Waals surface area contributed by atoms with Crippen LogP contribution in [0, 0.1) is 0 Å². The van der Waals surface area contributed by atoms with E-state index in [0.717, 1.165) is 0 Å². The van der Waals surface area contributed by atoms with Crippen molar-refractivity contribution in [2.24, 2.45) is 5.73 Å². The van der Waals surface area contributed by atoms with Crippen molar-refractivity contribution in [3.05, 3.63) is 23.8 Å². The van der Waals surface area contributed by atoms with E-state index >= 15 is 0 Å². The molecule has 2 aliphatic heterocycles. The molecule has 1 aromatic rings. The van der Waals surface area contributed by atoms with E-state index < -0.39 is 0 Å². The van der Waals surface area contributed by atoms with E-state index in [9.17, 15) is 9.59 Å². The van der Waals surface area contributed by atoms with Crippen molar-refractivity contribution in [2.45, 2.75) is 12.8 Å². The maximum Gasteiger partial charge on any atom is 0.254 e. The van der Waals surface area contributed by atoms with Crippen LogP contribution in [0.3, 0.4) is 0 Å². The van der Waals surface area contributed by atoms with E-state index in [1.54, 1.807) is 28.0 Å². The zero-order chi connectivity index (χ0) is 16.2. The number of piperazine rings is 1. The van der Waals surface area contributed by atoms with Gasteiger partial charge in [-0.25, -0.2) is 0 Å². The topological polar surface area (TPSA) is 85.1 Å². The highest BCUT2D eigenvalue weighted by Crippen LogP contribution is 2.32. The Kier molecular flexibility index (Phi) is 4.66. The molecule has 7 heteroatoms. The van der Waals surface area contributed by atoms with E-state index in [-0.39, 0.29) is 18.6 Å². The van der Waals surface area contributed by atoms with Gasteiger partial charge in [0.1, 0.15) is 0 Å². The normalized spacial score (nSPS) is 16.6. The summed E-state index contributed by atoms with van der Waals surface area (Å²) in [5.41, 5.74) is 6.01. The van der Waals surface area contributed by atoms with E-state index in [1.165, 1.54) is 0 Å². The fourth-order valence-electron chi connectivity index (χ4n) is 2.78. The summed E-state index contributed by atoms with van der Waals surface area (Å²) in [6.45, 7) is 2.94. The van der Waals surface area contributed by atoms with Gasteiger partial charge in [-0.2, -0.15) is 0 Å². The zero-order valence-electron chi connectivity index (χ0n) is 13.0. The maximum atomic E-state index is 12.6. The van der Waals surface area contributed by atoms with Gasteiger partial charge in [-0.3, -0.25) is 9.59 Å². The highest BCUT2D eigenvalue weighted by Gasteiger charge is 2.25. The predicted molar refractivity (Wildman–Crippen MR) is 83.3 cm³/mol. The largest absolute Gasteiger partial charge is 0.454 e. The van der Waals surface area contributed by atoms with Gasteiger partial charge in [0.05, 0.1) is 0 Å². The summed E-state index contributed by atoms with van der Waals surface area (Å²) in [5, 5.41) is 0. The molecule has 0 spiro atoms. The molecule has 2 amide bonds. The Morgan fingerprint density at radius 2 is 1.74 bits per heavy atom. The molecule has 2 heterocycles. The van der Waals surface area contributed by atoms with Crippen LogP contribution in [0.4, 0.5) is 0 Å². The second-order valence-corrected chi connectivity index (χ2v) is 5.63. The van der Waals surface area contributed by atoms with Crippen LogP contribution in [-0.4, -0.2) is 61.1 Å². The van der Waals surface area contributed by atoms with Crippen molar-refractivity contribution < 1.29 is 19.1 Å². The average molecular weight is 319 g/mol. The van der Waals surface area contributed by atoms with E-state index in [1.807, 2.05) is 0 Å². The molecule has 0 unspecified atom stereocenters. The molecule has 1 saturated heterocycles. The quantitative estimate of drug-likeness (QED) is 0.870. The third-order valence-electron chi connectivity index (χ3n) is 4.13. The molecule has 23 heavy (non-hydrogen) atoms. The minimum atomic E-state index is -0.0441. The van der Waals surface area contributed by atoms with Crippen LogP contribution < -0.4 is 15.2 Å². The summed E-state index contributed by atoms with van der Waals surface area (Å²) in [7, 11) is 0. The summed E-state index contributed by atoms with van der Waals surface area (Å²) < 4.78 is 10.6. The summed E-state index contributed by atoms with van der Waals surface area (Å²) in [6.07, 6.45) is 1.18. The molecule has 1 aromatic carbocycles. The number of amides is 2. The van der Waals surface area contributed by atoms with Gasteiger partial charge in [-0.05, 0) is 31.2 Å². The minimum absolute atomic E-state index is 0.0441. The number of carbonyl (C=O) groups is 2. The van der Waals surface area contributed by atoms with Gasteiger partial charge in [0.25, 0.3) is 5.91 Å². The third-order valence-corrected chi connectivity index (χ3v) is 4.13. The highest BCUT2D eigenvalue weighted by molar-refractivity contribution is 5.95. The standard InChI is InChI=1S/C16H21N3O4/c17-5-1-2-15(20)18-6-8-19(9-7-18)16(21)12-3-4-13-14(10-12)23-11-22-13/h3-4,10H,1-2,5-9,11,17H2. The molecule has 0 radical (unpaired) electrons. The van der Waals surface area contributed by atoms with Gasteiger partial charge >= 0.3 is 0 Å². The Hall–Kier alpha value is -2.28. The number of hydrogen-bond donors (Lipinski definition) is 1. The Morgan fingerprint density at radius 3 is 2.48 bits per heavy atom. The molecule has 124 valence electrons. The summed E-state index contributed by atoms with van der Waals surface area (Å²) in [5.74, 6) is 1.34. The summed E-state index contributed by atoms with van der Waals surface area (Å²) >= 11 is 0. The van der Waals surface area contributed by atoms with Crippen LogP contribution in [0.5, 0.6) is 11.5 Å². The molecule has 0 atom stereocenters. The van der Waals surface area contributed by atoms with Crippen LogP contribution in [0.25, 0.3) is 0 Å². The lowest BCUT2D eigenvalue weighted by Crippen LogP contribution is -2.50. The first kappa shape index (κ1) is 15.6. The van der Waals surface area contributed by atoms with Gasteiger partial charge < -0.3 is 25.0 Å². The number of carbonyl (C=O) groups excluding carboxylic acids is 2. The Labute approximate surface area is 134 Å². The smallest absolute Gasteiger partial charge is 0.254 e. The number of nitrogens with two attached hydrogens (primary N) is 1. The molecule has 7 nitrogen and oxygen atoms in total. The monoisotopic (exact) mass is 319 g/mol. The van der Waals surface area contributed by atoms with Crippen LogP contribution in [-0.2, 0) is 4.79 Å². The Balaban J connectivity index is 1.57. The molecule has 0 saturated carbocycles. The summed E-state index contributed by atoms with van der Waals surface area (Å²) in [4.78, 5) is 28.1. The first-order valence-corrected chi connectivity index (χ1v) is 7.86. The molecular formula is C16H21N3O4. The number of benzene rings is 1. The van der Waals surface area contributed by atoms with Gasteiger partial charge in [0, 0.05) is 38.2 Å². The van der Waals surface area contributed by atoms with Crippen LogP contribution >= 0.6 is 0 Å². The second-order valence-electron chi connectivity index (χ2n) is 5.63. The lowest BCUT2D eigenvalue weighted by atomic mass is 10.1. The maximum absolute atomic E-state index is 12.6. The highest BCUT2D eigenvalue weighted by atomic mass is 16.7. The van der Waals surface area contributed by atoms with Crippen molar-refractivity contribution in [3.63, 3.8) is 0 Å². The van der Waals surface area contributed by atoms with Crippen LogP contribution in [0.1, 0.15) is 23.2 Å². The van der Waals surface area contributed by atoms with E-state index in [0.29, 0.717) is 62.6 Å². The zero-order valence-corrected chi connectivity index (χ0v) is 13.0. The molecule has 2 aliphatic rings. The van der Waals surface area contributed by atoms with E-state index in [4.69, 9.17) is 15.2 Å². The van der Waals surface area contributed by atoms with Crippen molar-refractivity contribution in [1.82, 2.24) is 9.80 Å². The predicted octanol–water partition coefficient (Wildman–Crippen LogP) is 0.439. The summed E-state index contributed by atoms with van der Waals surface area (Å²) in [6, 6.07) is 5.21. The van der Waals surface area contributed by atoms with Crippen molar-refractivity contribution >= 4 is 11.8 Å². The molecule has 0 aromatic heterocycles. The average Bonchev–Trinajstić information content (AvgIpc) is 3.06. The van der Waals surface area contributed by atoms with Crippen LogP contribution in [0.2, 0.25) is 0 Å². The second kappa shape index (κ2) is 6.87. The Morgan fingerprint density at radius 1 is 1.04 bits per heavy atom. The van der Waals surface area contributed by atoms with Crippen molar-refractivity contribution in [2.75, 3.05) is 39.5 Å². The molecule has 2 N–H and O–H groups in total. The lowest BCUT2D eigenvalue weighted by Gasteiger charge is -2.35. The van der Waals surface area contributed by atoms with Gasteiger partial charge in [0.15, 0.2) is 11.5 Å². The first-order chi connectivity index (χ1) is 11.2. The number of hydrogen-bond acceptors (Lipinski definition) is 5. The minimum Gasteiger partial charge on any atom is -0.454 e. The fourth-order valence-corrected chi connectivity index (χ4v) is 2.78. The van der Waals surface area contributed by atoms with Gasteiger partial charge in [0.2, 0.25) is 12.7 Å². The van der Waals surface area contributed by atoms with Crippen molar-refractivity contribution in [3.8, 4) is 11.5 Å². The number of rotatable bonds is 4. The SMILES string of the molecule is NCCCC(=O)N1CCN(C(=O)c2ccc3c(c2)OCO3)CC1. The number of fused-ring (bicyclic) bond motifs is 1. The van der Waals surface area contributed by atoms with Crippen LogP contribution in [0.15, 0.2) is 18.2 Å².